The second-order valence-corrected chi connectivity index (χ2v) is 6.81. The van der Waals surface area contributed by atoms with Crippen molar-refractivity contribution in [1.29, 1.82) is 0 Å². The van der Waals surface area contributed by atoms with Crippen molar-refractivity contribution < 1.29 is 0 Å². The monoisotopic (exact) mass is 338 g/mol. The van der Waals surface area contributed by atoms with E-state index in [4.69, 9.17) is 4.98 Å². The number of anilines is 2. The first-order chi connectivity index (χ1) is 12.4. The third-order valence-electron chi connectivity index (χ3n) is 5.12. The van der Waals surface area contributed by atoms with Crippen LogP contribution >= 0.6 is 0 Å². The van der Waals surface area contributed by atoms with E-state index in [-0.39, 0.29) is 0 Å². The molecule has 132 valence electrons. The fraction of sp³-hybridized carbons (Fsp3) is 0.526. The zero-order valence-corrected chi connectivity index (χ0v) is 14.7. The summed E-state index contributed by atoms with van der Waals surface area (Å²) in [7, 11) is 0. The van der Waals surface area contributed by atoms with Gasteiger partial charge in [0.1, 0.15) is 5.82 Å². The van der Waals surface area contributed by atoms with E-state index in [0.29, 0.717) is 0 Å². The van der Waals surface area contributed by atoms with Crippen LogP contribution in [0.3, 0.4) is 0 Å². The molecule has 0 aliphatic carbocycles. The maximum Gasteiger partial charge on any atom is 0.227 e. The summed E-state index contributed by atoms with van der Waals surface area (Å²) in [6.07, 6.45) is 7.31. The number of aromatic nitrogens is 3. The molecular weight excluding hydrogens is 312 g/mol. The Bertz CT molecular complexity index is 663. The van der Waals surface area contributed by atoms with Crippen molar-refractivity contribution in [1.82, 2.24) is 19.9 Å². The summed E-state index contributed by atoms with van der Waals surface area (Å²) < 4.78 is 0. The predicted octanol–water partition coefficient (Wildman–Crippen LogP) is 1.84. The van der Waals surface area contributed by atoms with Gasteiger partial charge in [-0.2, -0.15) is 4.98 Å². The third-order valence-corrected chi connectivity index (χ3v) is 5.12. The van der Waals surface area contributed by atoms with Crippen LogP contribution in [0.4, 0.5) is 11.8 Å². The Kier molecular flexibility index (Phi) is 5.06. The van der Waals surface area contributed by atoms with E-state index in [0.717, 1.165) is 64.0 Å². The highest BCUT2D eigenvalue weighted by molar-refractivity contribution is 5.44. The molecule has 0 radical (unpaired) electrons. The molecule has 2 aromatic heterocycles. The number of hydrogen-bond donors (Lipinski definition) is 0. The van der Waals surface area contributed by atoms with Crippen molar-refractivity contribution in [3.05, 3.63) is 42.4 Å². The fourth-order valence-electron chi connectivity index (χ4n) is 3.60. The van der Waals surface area contributed by atoms with Gasteiger partial charge in [0.05, 0.1) is 0 Å². The first-order valence-electron chi connectivity index (χ1n) is 9.34. The van der Waals surface area contributed by atoms with Gasteiger partial charge in [-0.3, -0.25) is 9.88 Å². The molecule has 0 bridgehead atoms. The molecule has 6 nitrogen and oxygen atoms in total. The SMILES string of the molecule is c1ccc(CCN2CCN(c3ccnc(N4CCCC4)n3)CC2)nc1. The molecule has 6 heteroatoms. The molecule has 0 amide bonds. The Morgan fingerprint density at radius 2 is 1.64 bits per heavy atom. The van der Waals surface area contributed by atoms with E-state index in [1.165, 1.54) is 18.5 Å². The van der Waals surface area contributed by atoms with Gasteiger partial charge >= 0.3 is 0 Å². The highest BCUT2D eigenvalue weighted by Gasteiger charge is 2.20. The lowest BCUT2D eigenvalue weighted by molar-refractivity contribution is 0.259. The van der Waals surface area contributed by atoms with E-state index >= 15 is 0 Å². The number of nitrogens with zero attached hydrogens (tertiary/aromatic N) is 6. The van der Waals surface area contributed by atoms with E-state index in [1.807, 2.05) is 24.5 Å². The third kappa shape index (κ3) is 4.07. The van der Waals surface area contributed by atoms with Gasteiger partial charge in [0, 0.05) is 70.3 Å². The van der Waals surface area contributed by atoms with Crippen LogP contribution in [0.1, 0.15) is 18.5 Å². The Morgan fingerprint density at radius 1 is 0.800 bits per heavy atom. The molecule has 2 aromatic rings. The number of hydrogen-bond acceptors (Lipinski definition) is 6. The summed E-state index contributed by atoms with van der Waals surface area (Å²) in [6, 6.07) is 8.19. The van der Waals surface area contributed by atoms with Crippen LogP contribution in [0.15, 0.2) is 36.7 Å². The van der Waals surface area contributed by atoms with Crippen LogP contribution in [0, 0.1) is 0 Å². The summed E-state index contributed by atoms with van der Waals surface area (Å²) in [5, 5.41) is 0. The molecule has 0 N–H and O–H groups in total. The standard InChI is InChI=1S/C19H26N6/c1-2-8-20-17(5-1)7-12-23-13-15-24(16-14-23)18-6-9-21-19(22-18)25-10-3-4-11-25/h1-2,5-6,8-9H,3-4,7,10-16H2. The summed E-state index contributed by atoms with van der Waals surface area (Å²) in [5.41, 5.74) is 1.18. The van der Waals surface area contributed by atoms with Gasteiger partial charge in [-0.25, -0.2) is 4.98 Å². The van der Waals surface area contributed by atoms with Crippen LogP contribution < -0.4 is 9.80 Å². The molecular formula is C19H26N6. The Labute approximate surface area is 149 Å². The van der Waals surface area contributed by atoms with Crippen molar-refractivity contribution >= 4 is 11.8 Å². The van der Waals surface area contributed by atoms with Crippen LogP contribution in [0.2, 0.25) is 0 Å². The molecule has 2 aliphatic rings. The average Bonchev–Trinajstić information content (AvgIpc) is 3.23. The van der Waals surface area contributed by atoms with E-state index in [2.05, 4.69) is 36.8 Å². The predicted molar refractivity (Wildman–Crippen MR) is 100 cm³/mol. The molecule has 25 heavy (non-hydrogen) atoms. The Hall–Kier alpha value is -2.21. The van der Waals surface area contributed by atoms with E-state index in [9.17, 15) is 0 Å². The second-order valence-electron chi connectivity index (χ2n) is 6.81. The van der Waals surface area contributed by atoms with Gasteiger partial charge in [0.15, 0.2) is 0 Å². The molecule has 0 unspecified atom stereocenters. The minimum atomic E-state index is 0.896. The second kappa shape index (κ2) is 7.78. The molecule has 4 heterocycles. The largest absolute Gasteiger partial charge is 0.354 e. The van der Waals surface area contributed by atoms with Gasteiger partial charge < -0.3 is 9.80 Å². The minimum Gasteiger partial charge on any atom is -0.354 e. The van der Waals surface area contributed by atoms with Gasteiger partial charge in [0.25, 0.3) is 0 Å². The zero-order valence-electron chi connectivity index (χ0n) is 14.7. The van der Waals surface area contributed by atoms with Gasteiger partial charge in [-0.1, -0.05) is 6.07 Å². The van der Waals surface area contributed by atoms with Gasteiger partial charge in [-0.05, 0) is 31.0 Å². The number of pyridine rings is 1. The van der Waals surface area contributed by atoms with Crippen molar-refractivity contribution in [2.45, 2.75) is 19.3 Å². The lowest BCUT2D eigenvalue weighted by Gasteiger charge is -2.35. The molecule has 0 aromatic carbocycles. The molecule has 2 fully saturated rings. The number of rotatable bonds is 5. The highest BCUT2D eigenvalue weighted by atomic mass is 15.3. The molecule has 0 atom stereocenters. The van der Waals surface area contributed by atoms with Crippen molar-refractivity contribution in [2.24, 2.45) is 0 Å². The quantitative estimate of drug-likeness (QED) is 0.829. The van der Waals surface area contributed by atoms with E-state index in [1.54, 1.807) is 0 Å². The van der Waals surface area contributed by atoms with Crippen LogP contribution in [-0.4, -0.2) is 65.7 Å². The minimum absolute atomic E-state index is 0.896. The molecule has 0 saturated carbocycles. The summed E-state index contributed by atoms with van der Waals surface area (Å²) in [6.45, 7) is 7.46. The van der Waals surface area contributed by atoms with Crippen LogP contribution in [-0.2, 0) is 6.42 Å². The topological polar surface area (TPSA) is 48.4 Å². The summed E-state index contributed by atoms with van der Waals surface area (Å²) in [5.74, 6) is 1.97. The fourth-order valence-corrected chi connectivity index (χ4v) is 3.60. The smallest absolute Gasteiger partial charge is 0.227 e. The van der Waals surface area contributed by atoms with Gasteiger partial charge in [0.2, 0.25) is 5.95 Å². The molecule has 0 spiro atoms. The lowest BCUT2D eigenvalue weighted by Crippen LogP contribution is -2.47. The summed E-state index contributed by atoms with van der Waals surface area (Å²) >= 11 is 0. The normalized spacial score (nSPS) is 18.7. The van der Waals surface area contributed by atoms with Crippen molar-refractivity contribution in [3.63, 3.8) is 0 Å². The van der Waals surface area contributed by atoms with Gasteiger partial charge in [-0.15, -0.1) is 0 Å². The first kappa shape index (κ1) is 16.3. The molecule has 2 aliphatic heterocycles. The maximum absolute atomic E-state index is 4.81. The summed E-state index contributed by atoms with van der Waals surface area (Å²) in [4.78, 5) is 20.9. The average molecular weight is 338 g/mol. The van der Waals surface area contributed by atoms with E-state index < -0.39 is 0 Å². The maximum atomic E-state index is 4.81. The molecule has 4 rings (SSSR count). The number of piperazine rings is 1. The van der Waals surface area contributed by atoms with Crippen molar-refractivity contribution in [2.75, 3.05) is 55.6 Å². The Balaban J connectivity index is 1.30. The van der Waals surface area contributed by atoms with Crippen LogP contribution in [0.5, 0.6) is 0 Å². The Morgan fingerprint density at radius 3 is 2.40 bits per heavy atom. The highest BCUT2D eigenvalue weighted by Crippen LogP contribution is 2.20. The zero-order chi connectivity index (χ0) is 16.9. The van der Waals surface area contributed by atoms with Crippen molar-refractivity contribution in [3.8, 4) is 0 Å². The lowest BCUT2D eigenvalue weighted by atomic mass is 10.2. The van der Waals surface area contributed by atoms with Crippen LogP contribution in [0.25, 0.3) is 0 Å². The molecule has 2 saturated heterocycles. The first-order valence-corrected chi connectivity index (χ1v) is 9.34.